The summed E-state index contributed by atoms with van der Waals surface area (Å²) in [7, 11) is 0. The fourth-order valence-electron chi connectivity index (χ4n) is 3.32. The van der Waals surface area contributed by atoms with Gasteiger partial charge >= 0.3 is 12.1 Å². The lowest BCUT2D eigenvalue weighted by Gasteiger charge is -2.30. The molecule has 0 saturated heterocycles. The van der Waals surface area contributed by atoms with E-state index in [4.69, 9.17) is 4.74 Å². The molecule has 2 aliphatic rings. The average Bonchev–Trinajstić information content (AvgIpc) is 2.95. The molecule has 1 aliphatic heterocycles. The first-order valence-corrected chi connectivity index (χ1v) is 9.56. The van der Waals surface area contributed by atoms with Crippen LogP contribution in [0.15, 0.2) is 23.8 Å². The summed E-state index contributed by atoms with van der Waals surface area (Å²) in [6.07, 6.45) is 9.34. The Hall–Kier alpha value is -2.31. The van der Waals surface area contributed by atoms with Gasteiger partial charge < -0.3 is 15.2 Å². The van der Waals surface area contributed by atoms with Crippen molar-refractivity contribution in [3.8, 4) is 0 Å². The Kier molecular flexibility index (Phi) is 7.05. The molecule has 0 bridgehead atoms. The Balaban J connectivity index is 1.99. The molecule has 7 nitrogen and oxygen atoms in total. The van der Waals surface area contributed by atoms with Crippen molar-refractivity contribution in [1.82, 2.24) is 10.2 Å². The van der Waals surface area contributed by atoms with Gasteiger partial charge in [0.05, 0.1) is 0 Å². The van der Waals surface area contributed by atoms with Crippen molar-refractivity contribution in [2.75, 3.05) is 6.54 Å². The van der Waals surface area contributed by atoms with Gasteiger partial charge in [0.15, 0.2) is 0 Å². The topological polar surface area (TPSA) is 95.9 Å². The normalized spacial score (nSPS) is 21.7. The molecule has 2 amide bonds. The number of carboxylic acids is 1. The minimum absolute atomic E-state index is 0.133. The van der Waals surface area contributed by atoms with E-state index in [1.807, 2.05) is 0 Å². The molecule has 0 spiro atoms. The second-order valence-electron chi connectivity index (χ2n) is 8.12. The molecular weight excluding hydrogens is 348 g/mol. The fourth-order valence-corrected chi connectivity index (χ4v) is 3.32. The number of ether oxygens (including phenoxy) is 1. The molecule has 2 rings (SSSR count). The zero-order valence-corrected chi connectivity index (χ0v) is 16.4. The number of carbonyl (C=O) groups is 3. The molecule has 1 saturated carbocycles. The van der Waals surface area contributed by atoms with Crippen LogP contribution in [0.2, 0.25) is 0 Å². The molecule has 0 unspecified atom stereocenters. The van der Waals surface area contributed by atoms with Crippen molar-refractivity contribution >= 4 is 18.0 Å². The summed E-state index contributed by atoms with van der Waals surface area (Å²) in [5.41, 5.74) is 0.148. The van der Waals surface area contributed by atoms with E-state index >= 15 is 0 Å². The highest BCUT2D eigenvalue weighted by atomic mass is 16.6. The lowest BCUT2D eigenvalue weighted by Crippen LogP contribution is -2.46. The molecule has 150 valence electrons. The van der Waals surface area contributed by atoms with Crippen molar-refractivity contribution in [2.24, 2.45) is 0 Å². The number of aliphatic carboxylic acids is 1. The molecule has 0 aromatic rings. The number of hydrogen-bond acceptors (Lipinski definition) is 4. The van der Waals surface area contributed by atoms with Gasteiger partial charge in [-0.05, 0) is 52.0 Å². The fraction of sp³-hybridized carbons (Fsp3) is 0.650. The third-order valence-corrected chi connectivity index (χ3v) is 4.68. The first kappa shape index (κ1) is 21.0. The van der Waals surface area contributed by atoms with E-state index in [0.717, 1.165) is 31.3 Å². The van der Waals surface area contributed by atoms with Crippen molar-refractivity contribution in [3.05, 3.63) is 23.8 Å². The Morgan fingerprint density at radius 3 is 2.52 bits per heavy atom. The van der Waals surface area contributed by atoms with Gasteiger partial charge in [0.2, 0.25) is 5.91 Å². The summed E-state index contributed by atoms with van der Waals surface area (Å²) < 4.78 is 5.34. The Morgan fingerprint density at radius 1 is 1.26 bits per heavy atom. The van der Waals surface area contributed by atoms with E-state index in [-0.39, 0.29) is 24.9 Å². The minimum Gasteiger partial charge on any atom is -0.480 e. The summed E-state index contributed by atoms with van der Waals surface area (Å²) in [5, 5.41) is 12.5. The number of carboxylic acid groups (broad SMARTS) is 1. The third-order valence-electron chi connectivity index (χ3n) is 4.68. The summed E-state index contributed by atoms with van der Waals surface area (Å²) in [6.45, 7) is 5.46. The maximum Gasteiger partial charge on any atom is 0.411 e. The molecule has 0 radical (unpaired) electrons. The zero-order valence-electron chi connectivity index (χ0n) is 16.4. The van der Waals surface area contributed by atoms with Gasteiger partial charge in [-0.3, -0.25) is 9.69 Å². The standard InChI is InChI=1S/C20H30N2O5/c1-20(2,3)27-19(26)22-13-12-14(8-10-16(22)18(24)25)9-11-17(23)21-15-6-4-5-7-15/h8-9,11,15-16H,4-7,10,12-13H2,1-3H3,(H,21,23)(H,24,25)/b11-9+/t16-/m0/s1. The number of allylic oxidation sites excluding steroid dienone is 1. The predicted octanol–water partition coefficient (Wildman–Crippen LogP) is 3.01. The van der Waals surface area contributed by atoms with Crippen LogP contribution < -0.4 is 5.32 Å². The maximum absolute atomic E-state index is 12.4. The van der Waals surface area contributed by atoms with E-state index in [9.17, 15) is 19.5 Å². The molecule has 1 aliphatic carbocycles. The summed E-state index contributed by atoms with van der Waals surface area (Å²) >= 11 is 0. The van der Waals surface area contributed by atoms with Crippen LogP contribution in [-0.4, -0.2) is 52.2 Å². The second-order valence-corrected chi connectivity index (χ2v) is 8.12. The van der Waals surface area contributed by atoms with Crippen LogP contribution in [0.5, 0.6) is 0 Å². The first-order valence-electron chi connectivity index (χ1n) is 9.56. The predicted molar refractivity (Wildman–Crippen MR) is 101 cm³/mol. The van der Waals surface area contributed by atoms with Gasteiger partial charge in [-0.15, -0.1) is 0 Å². The maximum atomic E-state index is 12.4. The van der Waals surface area contributed by atoms with Crippen molar-refractivity contribution in [3.63, 3.8) is 0 Å². The van der Waals surface area contributed by atoms with Crippen molar-refractivity contribution in [1.29, 1.82) is 0 Å². The monoisotopic (exact) mass is 378 g/mol. The molecule has 1 heterocycles. The highest BCUT2D eigenvalue weighted by molar-refractivity contribution is 5.88. The van der Waals surface area contributed by atoms with Crippen LogP contribution in [0.25, 0.3) is 0 Å². The van der Waals surface area contributed by atoms with Crippen LogP contribution >= 0.6 is 0 Å². The van der Waals surface area contributed by atoms with Crippen LogP contribution in [0.1, 0.15) is 59.3 Å². The van der Waals surface area contributed by atoms with Gasteiger partial charge in [-0.2, -0.15) is 0 Å². The molecule has 0 aromatic carbocycles. The summed E-state index contributed by atoms with van der Waals surface area (Å²) in [4.78, 5) is 37.3. The van der Waals surface area contributed by atoms with Crippen molar-refractivity contribution < 1.29 is 24.2 Å². The average molecular weight is 378 g/mol. The highest BCUT2D eigenvalue weighted by Crippen LogP contribution is 2.21. The summed E-state index contributed by atoms with van der Waals surface area (Å²) in [5.74, 6) is -1.20. The molecule has 2 N–H and O–H groups in total. The molecule has 27 heavy (non-hydrogen) atoms. The zero-order chi connectivity index (χ0) is 20.0. The number of nitrogens with zero attached hydrogens (tertiary/aromatic N) is 1. The lowest BCUT2D eigenvalue weighted by atomic mass is 10.1. The van der Waals surface area contributed by atoms with Gasteiger partial charge in [0.25, 0.3) is 0 Å². The van der Waals surface area contributed by atoms with Crippen LogP contribution in [0.3, 0.4) is 0 Å². The SMILES string of the molecule is CC(C)(C)OC(=O)N1CCC(/C=C/C(=O)NC2CCCC2)=CC[C@H]1C(=O)O. The largest absolute Gasteiger partial charge is 0.480 e. The van der Waals surface area contributed by atoms with E-state index in [0.29, 0.717) is 6.42 Å². The Labute approximate surface area is 160 Å². The molecule has 7 heteroatoms. The number of hydrogen-bond donors (Lipinski definition) is 2. The van der Waals surface area contributed by atoms with Gasteiger partial charge in [-0.25, -0.2) is 9.59 Å². The number of rotatable bonds is 4. The van der Waals surface area contributed by atoms with Crippen LogP contribution in [0, 0.1) is 0 Å². The highest BCUT2D eigenvalue weighted by Gasteiger charge is 2.33. The molecule has 1 atom stereocenters. The van der Waals surface area contributed by atoms with Crippen LogP contribution in [-0.2, 0) is 14.3 Å². The van der Waals surface area contributed by atoms with E-state index < -0.39 is 23.7 Å². The van der Waals surface area contributed by atoms with Crippen LogP contribution in [0.4, 0.5) is 4.79 Å². The van der Waals surface area contributed by atoms with Gasteiger partial charge in [-0.1, -0.05) is 25.0 Å². The minimum atomic E-state index is -1.07. The lowest BCUT2D eigenvalue weighted by molar-refractivity contribution is -0.143. The quantitative estimate of drug-likeness (QED) is 0.733. The number of carbonyl (C=O) groups excluding carboxylic acids is 2. The van der Waals surface area contributed by atoms with E-state index in [1.165, 1.54) is 11.0 Å². The third kappa shape index (κ3) is 6.73. The Bertz CT molecular complexity index is 627. The molecule has 0 aromatic heterocycles. The second kappa shape index (κ2) is 9.06. The summed E-state index contributed by atoms with van der Waals surface area (Å²) in [6, 6.07) is -0.720. The molecular formula is C20H30N2O5. The van der Waals surface area contributed by atoms with Crippen molar-refractivity contribution in [2.45, 2.75) is 77.0 Å². The number of amides is 2. The molecule has 1 fully saturated rings. The smallest absolute Gasteiger partial charge is 0.411 e. The Morgan fingerprint density at radius 2 is 1.93 bits per heavy atom. The first-order chi connectivity index (χ1) is 12.7. The number of nitrogens with one attached hydrogen (secondary N) is 1. The van der Waals surface area contributed by atoms with Gasteiger partial charge in [0, 0.05) is 18.7 Å². The van der Waals surface area contributed by atoms with E-state index in [2.05, 4.69) is 5.32 Å². The van der Waals surface area contributed by atoms with Gasteiger partial charge in [0.1, 0.15) is 11.6 Å². The van der Waals surface area contributed by atoms with E-state index in [1.54, 1.807) is 32.9 Å².